The zero-order chi connectivity index (χ0) is 15.9. The van der Waals surface area contributed by atoms with Gasteiger partial charge in [-0.3, -0.25) is 9.78 Å². The number of ether oxygens (including phenoxy) is 3. The van der Waals surface area contributed by atoms with E-state index >= 15 is 0 Å². The fraction of sp³-hybridized carbons (Fsp3) is 0.250. The summed E-state index contributed by atoms with van der Waals surface area (Å²) in [6.07, 6.45) is 3.36. The van der Waals surface area contributed by atoms with Gasteiger partial charge in [-0.2, -0.15) is 0 Å². The zero-order valence-electron chi connectivity index (χ0n) is 12.8. The number of carbonyl (C=O) groups excluding carboxylic acids is 1. The number of hydrogen-bond donors (Lipinski definition) is 1. The predicted molar refractivity (Wildman–Crippen MR) is 81.5 cm³/mol. The number of carbonyl (C=O) groups is 1. The topological polar surface area (TPSA) is 69.7 Å². The first-order valence-electron chi connectivity index (χ1n) is 6.67. The maximum Gasteiger partial charge on any atom is 0.255 e. The monoisotopic (exact) mass is 302 g/mol. The van der Waals surface area contributed by atoms with E-state index in [-0.39, 0.29) is 5.91 Å². The molecule has 0 atom stereocenters. The van der Waals surface area contributed by atoms with Crippen molar-refractivity contribution < 1.29 is 19.0 Å². The van der Waals surface area contributed by atoms with E-state index in [1.165, 1.54) is 21.3 Å². The Morgan fingerprint density at radius 2 is 1.68 bits per heavy atom. The highest BCUT2D eigenvalue weighted by molar-refractivity contribution is 5.98. The summed E-state index contributed by atoms with van der Waals surface area (Å²) in [4.78, 5) is 16.3. The Balaban J connectivity index is 2.22. The Kier molecular flexibility index (Phi) is 5.19. The van der Waals surface area contributed by atoms with Crippen molar-refractivity contribution in [2.45, 2.75) is 6.54 Å². The first-order chi connectivity index (χ1) is 10.7. The third kappa shape index (κ3) is 3.28. The fourth-order valence-electron chi connectivity index (χ4n) is 2.06. The summed E-state index contributed by atoms with van der Waals surface area (Å²) < 4.78 is 15.8. The molecule has 6 nitrogen and oxygen atoms in total. The van der Waals surface area contributed by atoms with Crippen LogP contribution in [0, 0.1) is 0 Å². The highest BCUT2D eigenvalue weighted by atomic mass is 16.5. The van der Waals surface area contributed by atoms with Gasteiger partial charge in [-0.05, 0) is 29.8 Å². The Morgan fingerprint density at radius 1 is 1.00 bits per heavy atom. The largest absolute Gasteiger partial charge is 0.493 e. The lowest BCUT2D eigenvalue weighted by Gasteiger charge is -2.15. The SMILES string of the molecule is COc1ccc(C(=O)NCc2ccncc2)c(OC)c1OC. The van der Waals surface area contributed by atoms with Gasteiger partial charge in [0.15, 0.2) is 11.5 Å². The van der Waals surface area contributed by atoms with E-state index in [2.05, 4.69) is 10.3 Å². The van der Waals surface area contributed by atoms with Crippen LogP contribution < -0.4 is 19.5 Å². The number of amides is 1. The molecule has 1 aromatic carbocycles. The Hall–Kier alpha value is -2.76. The van der Waals surface area contributed by atoms with Crippen LogP contribution in [0.3, 0.4) is 0 Å². The molecule has 2 rings (SSSR count). The summed E-state index contributed by atoms with van der Waals surface area (Å²) in [5, 5.41) is 2.84. The number of nitrogens with one attached hydrogen (secondary N) is 1. The molecule has 1 aromatic heterocycles. The number of aromatic nitrogens is 1. The van der Waals surface area contributed by atoms with Gasteiger partial charge in [0.1, 0.15) is 0 Å². The average Bonchev–Trinajstić information content (AvgIpc) is 2.58. The van der Waals surface area contributed by atoms with E-state index in [4.69, 9.17) is 14.2 Å². The number of pyridine rings is 1. The predicted octanol–water partition coefficient (Wildman–Crippen LogP) is 2.04. The molecule has 0 saturated heterocycles. The van der Waals surface area contributed by atoms with E-state index in [1.54, 1.807) is 24.5 Å². The molecule has 0 aliphatic rings. The Labute approximate surface area is 129 Å². The third-order valence-corrected chi connectivity index (χ3v) is 3.15. The molecule has 0 radical (unpaired) electrons. The molecule has 6 heteroatoms. The normalized spacial score (nSPS) is 9.95. The van der Waals surface area contributed by atoms with Crippen molar-refractivity contribution in [1.29, 1.82) is 0 Å². The van der Waals surface area contributed by atoms with Crippen LogP contribution >= 0.6 is 0 Å². The zero-order valence-corrected chi connectivity index (χ0v) is 12.8. The summed E-state index contributed by atoms with van der Waals surface area (Å²) >= 11 is 0. The van der Waals surface area contributed by atoms with Crippen LogP contribution in [-0.2, 0) is 6.54 Å². The number of methoxy groups -OCH3 is 3. The molecule has 1 N–H and O–H groups in total. The molecular formula is C16H18N2O4. The van der Waals surface area contributed by atoms with E-state index in [9.17, 15) is 4.79 Å². The second kappa shape index (κ2) is 7.31. The van der Waals surface area contributed by atoms with Gasteiger partial charge < -0.3 is 19.5 Å². The lowest BCUT2D eigenvalue weighted by Crippen LogP contribution is -2.23. The summed E-state index contributed by atoms with van der Waals surface area (Å²) in [5.41, 5.74) is 1.34. The fourth-order valence-corrected chi connectivity index (χ4v) is 2.06. The van der Waals surface area contributed by atoms with Crippen LogP contribution in [0.1, 0.15) is 15.9 Å². The quantitative estimate of drug-likeness (QED) is 0.884. The molecule has 0 aliphatic carbocycles. The third-order valence-electron chi connectivity index (χ3n) is 3.15. The highest BCUT2D eigenvalue weighted by Crippen LogP contribution is 2.39. The minimum Gasteiger partial charge on any atom is -0.493 e. The molecule has 1 heterocycles. The maximum atomic E-state index is 12.4. The summed E-state index contributed by atoms with van der Waals surface area (Å²) in [5.74, 6) is 0.982. The lowest BCUT2D eigenvalue weighted by molar-refractivity contribution is 0.0947. The second-order valence-electron chi connectivity index (χ2n) is 4.42. The van der Waals surface area contributed by atoms with Crippen LogP contribution in [0.4, 0.5) is 0 Å². The molecular weight excluding hydrogens is 284 g/mol. The number of rotatable bonds is 6. The van der Waals surface area contributed by atoms with E-state index < -0.39 is 0 Å². The van der Waals surface area contributed by atoms with Gasteiger partial charge in [0, 0.05) is 18.9 Å². The van der Waals surface area contributed by atoms with Crippen LogP contribution in [0.25, 0.3) is 0 Å². The lowest BCUT2D eigenvalue weighted by atomic mass is 10.1. The number of hydrogen-bond acceptors (Lipinski definition) is 5. The average molecular weight is 302 g/mol. The first-order valence-corrected chi connectivity index (χ1v) is 6.67. The smallest absolute Gasteiger partial charge is 0.255 e. The van der Waals surface area contributed by atoms with Crippen LogP contribution in [0.2, 0.25) is 0 Å². The molecule has 116 valence electrons. The van der Waals surface area contributed by atoms with Gasteiger partial charge in [0.05, 0.1) is 26.9 Å². The van der Waals surface area contributed by atoms with Gasteiger partial charge in [0.25, 0.3) is 5.91 Å². The first kappa shape index (κ1) is 15.6. The van der Waals surface area contributed by atoms with Gasteiger partial charge in [0.2, 0.25) is 5.75 Å². The van der Waals surface area contributed by atoms with Gasteiger partial charge in [-0.25, -0.2) is 0 Å². The van der Waals surface area contributed by atoms with Crippen LogP contribution in [-0.4, -0.2) is 32.2 Å². The molecule has 0 bridgehead atoms. The van der Waals surface area contributed by atoms with Crippen molar-refractivity contribution in [2.24, 2.45) is 0 Å². The summed E-state index contributed by atoms with van der Waals surface area (Å²) in [6, 6.07) is 6.99. The molecule has 0 spiro atoms. The van der Waals surface area contributed by atoms with Crippen LogP contribution in [0.5, 0.6) is 17.2 Å². The van der Waals surface area contributed by atoms with E-state index in [1.807, 2.05) is 12.1 Å². The van der Waals surface area contributed by atoms with Crippen molar-refractivity contribution in [2.75, 3.05) is 21.3 Å². The molecule has 0 saturated carbocycles. The molecule has 22 heavy (non-hydrogen) atoms. The van der Waals surface area contributed by atoms with Crippen molar-refractivity contribution >= 4 is 5.91 Å². The molecule has 2 aromatic rings. The molecule has 0 aliphatic heterocycles. The van der Waals surface area contributed by atoms with Crippen molar-refractivity contribution in [1.82, 2.24) is 10.3 Å². The number of nitrogens with zero attached hydrogens (tertiary/aromatic N) is 1. The van der Waals surface area contributed by atoms with Crippen LogP contribution in [0.15, 0.2) is 36.7 Å². The standard InChI is InChI=1S/C16H18N2O4/c1-20-13-5-4-12(14(21-2)15(13)22-3)16(19)18-10-11-6-8-17-9-7-11/h4-9H,10H2,1-3H3,(H,18,19). The van der Waals surface area contributed by atoms with E-state index in [0.717, 1.165) is 5.56 Å². The van der Waals surface area contributed by atoms with Crippen molar-refractivity contribution in [3.05, 3.63) is 47.8 Å². The minimum absolute atomic E-state index is 0.255. The Morgan fingerprint density at radius 3 is 2.27 bits per heavy atom. The second-order valence-corrected chi connectivity index (χ2v) is 4.42. The highest BCUT2D eigenvalue weighted by Gasteiger charge is 2.20. The van der Waals surface area contributed by atoms with E-state index in [0.29, 0.717) is 29.4 Å². The summed E-state index contributed by atoms with van der Waals surface area (Å²) in [7, 11) is 4.51. The molecule has 0 unspecified atom stereocenters. The Bertz CT molecular complexity index is 644. The van der Waals surface area contributed by atoms with Gasteiger partial charge >= 0.3 is 0 Å². The summed E-state index contributed by atoms with van der Waals surface area (Å²) in [6.45, 7) is 0.402. The van der Waals surface area contributed by atoms with Crippen molar-refractivity contribution in [3.63, 3.8) is 0 Å². The van der Waals surface area contributed by atoms with Gasteiger partial charge in [-0.15, -0.1) is 0 Å². The maximum absolute atomic E-state index is 12.4. The molecule has 0 fully saturated rings. The van der Waals surface area contributed by atoms with Crippen molar-refractivity contribution in [3.8, 4) is 17.2 Å². The van der Waals surface area contributed by atoms with Gasteiger partial charge in [-0.1, -0.05) is 0 Å². The number of benzene rings is 1. The minimum atomic E-state index is -0.255. The molecule has 1 amide bonds.